The molecule has 0 radical (unpaired) electrons. The number of allylic oxidation sites excluding steroid dienone is 9. The second kappa shape index (κ2) is 10.6. The Morgan fingerprint density at radius 3 is 2.16 bits per heavy atom. The van der Waals surface area contributed by atoms with Crippen LogP contribution in [0.15, 0.2) is 85.8 Å². The van der Waals surface area contributed by atoms with Crippen LogP contribution in [0, 0.1) is 0 Å². The van der Waals surface area contributed by atoms with E-state index in [0.717, 1.165) is 0 Å². The first-order valence-corrected chi connectivity index (χ1v) is 5.83. The van der Waals surface area contributed by atoms with Gasteiger partial charge >= 0.3 is 6.03 Å². The Bertz CT molecular complexity index is 451. The SMILES string of the molecule is C=C/C=C\C(=C/C=C)NC(=O)N/C(C=C)=C/C=C\C. The lowest BCUT2D eigenvalue weighted by Crippen LogP contribution is -2.33. The Balaban J connectivity index is 4.69. The molecule has 3 nitrogen and oxygen atoms in total. The van der Waals surface area contributed by atoms with Gasteiger partial charge in [0.25, 0.3) is 0 Å². The van der Waals surface area contributed by atoms with Gasteiger partial charge in [0.05, 0.1) is 0 Å². The molecule has 19 heavy (non-hydrogen) atoms. The molecule has 3 heteroatoms. The summed E-state index contributed by atoms with van der Waals surface area (Å²) in [6.07, 6.45) is 15.3. The Labute approximate surface area is 115 Å². The lowest BCUT2D eigenvalue weighted by atomic mass is 10.3. The summed E-state index contributed by atoms with van der Waals surface area (Å²) in [4.78, 5) is 11.8. The van der Waals surface area contributed by atoms with Crippen LogP contribution in [0.5, 0.6) is 0 Å². The van der Waals surface area contributed by atoms with Crippen molar-refractivity contribution in [2.45, 2.75) is 6.92 Å². The molecule has 0 aliphatic heterocycles. The fourth-order valence-electron chi connectivity index (χ4n) is 1.09. The highest BCUT2D eigenvalue weighted by molar-refractivity contribution is 5.78. The highest BCUT2D eigenvalue weighted by Crippen LogP contribution is 1.96. The van der Waals surface area contributed by atoms with Crippen molar-refractivity contribution in [3.05, 3.63) is 85.8 Å². The molecule has 2 N–H and O–H groups in total. The monoisotopic (exact) mass is 256 g/mol. The largest absolute Gasteiger partial charge is 0.323 e. The summed E-state index contributed by atoms with van der Waals surface area (Å²) in [5.74, 6) is 0. The highest BCUT2D eigenvalue weighted by Gasteiger charge is 2.01. The van der Waals surface area contributed by atoms with Gasteiger partial charge in [0.1, 0.15) is 0 Å². The minimum atomic E-state index is -0.350. The summed E-state index contributed by atoms with van der Waals surface area (Å²) < 4.78 is 0. The molecule has 0 aromatic carbocycles. The molecule has 2 amide bonds. The van der Waals surface area contributed by atoms with Crippen LogP contribution in [0.4, 0.5) is 4.79 Å². The third kappa shape index (κ3) is 8.21. The zero-order valence-corrected chi connectivity index (χ0v) is 11.2. The molecular formula is C16H20N2O. The van der Waals surface area contributed by atoms with E-state index in [1.54, 1.807) is 42.5 Å². The van der Waals surface area contributed by atoms with Gasteiger partial charge in [0, 0.05) is 11.4 Å². The van der Waals surface area contributed by atoms with Gasteiger partial charge in [-0.2, -0.15) is 0 Å². The van der Waals surface area contributed by atoms with Crippen LogP contribution in [0.25, 0.3) is 0 Å². The number of hydrogen-bond donors (Lipinski definition) is 2. The van der Waals surface area contributed by atoms with E-state index in [-0.39, 0.29) is 6.03 Å². The zero-order valence-electron chi connectivity index (χ0n) is 11.2. The molecule has 0 atom stereocenters. The van der Waals surface area contributed by atoms with Gasteiger partial charge in [-0.3, -0.25) is 0 Å². The third-order valence-corrected chi connectivity index (χ3v) is 1.91. The van der Waals surface area contributed by atoms with Crippen molar-refractivity contribution in [1.82, 2.24) is 10.6 Å². The highest BCUT2D eigenvalue weighted by atomic mass is 16.2. The Morgan fingerprint density at radius 2 is 1.63 bits per heavy atom. The fourth-order valence-corrected chi connectivity index (χ4v) is 1.09. The molecule has 0 aliphatic carbocycles. The second-order valence-corrected chi connectivity index (χ2v) is 3.38. The molecule has 0 saturated carbocycles. The van der Waals surface area contributed by atoms with E-state index < -0.39 is 0 Å². The average Bonchev–Trinajstić information content (AvgIpc) is 2.40. The summed E-state index contributed by atoms with van der Waals surface area (Å²) in [7, 11) is 0. The van der Waals surface area contributed by atoms with Gasteiger partial charge < -0.3 is 10.6 Å². The quantitative estimate of drug-likeness (QED) is 0.669. The van der Waals surface area contributed by atoms with Gasteiger partial charge in [0.15, 0.2) is 0 Å². The van der Waals surface area contributed by atoms with E-state index in [1.165, 1.54) is 0 Å². The van der Waals surface area contributed by atoms with E-state index in [1.807, 2.05) is 19.1 Å². The smallest absolute Gasteiger partial charge is 0.308 e. The van der Waals surface area contributed by atoms with Crippen LogP contribution < -0.4 is 10.6 Å². The van der Waals surface area contributed by atoms with E-state index in [2.05, 4.69) is 30.4 Å². The Hall–Kier alpha value is -2.55. The molecule has 0 heterocycles. The molecule has 0 aromatic heterocycles. The summed E-state index contributed by atoms with van der Waals surface area (Å²) in [5.41, 5.74) is 1.23. The molecule has 0 bridgehead atoms. The van der Waals surface area contributed by atoms with Crippen molar-refractivity contribution < 1.29 is 4.79 Å². The first-order valence-electron chi connectivity index (χ1n) is 5.83. The van der Waals surface area contributed by atoms with Crippen molar-refractivity contribution in [3.8, 4) is 0 Å². The first-order chi connectivity index (χ1) is 9.17. The number of urea groups is 1. The fraction of sp³-hybridized carbons (Fsp3) is 0.0625. The van der Waals surface area contributed by atoms with Gasteiger partial charge in [-0.1, -0.05) is 50.1 Å². The third-order valence-electron chi connectivity index (χ3n) is 1.91. The molecule has 0 unspecified atom stereocenters. The number of nitrogens with one attached hydrogen (secondary N) is 2. The summed E-state index contributed by atoms with van der Waals surface area (Å²) in [6, 6.07) is -0.350. The van der Waals surface area contributed by atoms with E-state index in [0.29, 0.717) is 11.4 Å². The Morgan fingerprint density at radius 1 is 0.947 bits per heavy atom. The van der Waals surface area contributed by atoms with Crippen molar-refractivity contribution in [3.63, 3.8) is 0 Å². The van der Waals surface area contributed by atoms with Crippen LogP contribution in [0.3, 0.4) is 0 Å². The normalized spacial score (nSPS) is 12.5. The van der Waals surface area contributed by atoms with E-state index >= 15 is 0 Å². The minimum Gasteiger partial charge on any atom is -0.308 e. The average molecular weight is 256 g/mol. The van der Waals surface area contributed by atoms with Crippen molar-refractivity contribution in [2.75, 3.05) is 0 Å². The first kappa shape index (κ1) is 16.4. The van der Waals surface area contributed by atoms with Gasteiger partial charge in [-0.05, 0) is 31.2 Å². The predicted molar refractivity (Wildman–Crippen MR) is 82.4 cm³/mol. The lowest BCUT2D eigenvalue weighted by molar-refractivity contribution is 0.246. The molecule has 0 saturated heterocycles. The maximum Gasteiger partial charge on any atom is 0.323 e. The molecule has 0 aliphatic rings. The second-order valence-electron chi connectivity index (χ2n) is 3.38. The summed E-state index contributed by atoms with van der Waals surface area (Å²) in [6.45, 7) is 12.7. The van der Waals surface area contributed by atoms with Crippen molar-refractivity contribution >= 4 is 6.03 Å². The molecular weight excluding hydrogens is 236 g/mol. The number of hydrogen-bond acceptors (Lipinski definition) is 1. The number of amides is 2. The maximum atomic E-state index is 11.8. The topological polar surface area (TPSA) is 41.1 Å². The molecule has 0 rings (SSSR count). The number of rotatable bonds is 7. The number of carbonyl (C=O) groups is 1. The maximum absolute atomic E-state index is 11.8. The lowest BCUT2D eigenvalue weighted by Gasteiger charge is -2.08. The minimum absolute atomic E-state index is 0.350. The molecule has 0 fully saturated rings. The van der Waals surface area contributed by atoms with E-state index in [9.17, 15) is 4.79 Å². The molecule has 0 aromatic rings. The zero-order chi connectivity index (χ0) is 14.5. The van der Waals surface area contributed by atoms with Crippen molar-refractivity contribution in [2.24, 2.45) is 0 Å². The van der Waals surface area contributed by atoms with Crippen LogP contribution in [-0.2, 0) is 0 Å². The molecule has 0 spiro atoms. The number of carbonyl (C=O) groups excluding carboxylic acids is 1. The van der Waals surface area contributed by atoms with Gasteiger partial charge in [-0.25, -0.2) is 4.79 Å². The molecule has 100 valence electrons. The van der Waals surface area contributed by atoms with Crippen molar-refractivity contribution in [1.29, 1.82) is 0 Å². The van der Waals surface area contributed by atoms with E-state index in [4.69, 9.17) is 0 Å². The summed E-state index contributed by atoms with van der Waals surface area (Å²) in [5, 5.41) is 5.36. The van der Waals surface area contributed by atoms with Crippen LogP contribution in [0.1, 0.15) is 6.92 Å². The van der Waals surface area contributed by atoms with Gasteiger partial charge in [0.2, 0.25) is 0 Å². The predicted octanol–water partition coefficient (Wildman–Crippen LogP) is 3.74. The van der Waals surface area contributed by atoms with Crippen LogP contribution in [-0.4, -0.2) is 6.03 Å². The van der Waals surface area contributed by atoms with Crippen LogP contribution >= 0.6 is 0 Å². The van der Waals surface area contributed by atoms with Crippen LogP contribution in [0.2, 0.25) is 0 Å². The summed E-state index contributed by atoms with van der Waals surface area (Å²) >= 11 is 0. The standard InChI is InChI=1S/C16H20N2O/c1-5-9-12-14(8-4)17-16(19)18-15(11-7-3)13-10-6-2/h5-13H,2-4H2,1H3,(H2,17,18,19)/b9-5-,13-10-,14-12+,15-11+. The van der Waals surface area contributed by atoms with Gasteiger partial charge in [-0.15, -0.1) is 0 Å². The Kier molecular flexibility index (Phi) is 9.17.